The minimum atomic E-state index is 0.688. The highest BCUT2D eigenvalue weighted by Crippen LogP contribution is 2.21. The molecule has 1 fully saturated rings. The smallest absolute Gasteiger partial charge is 0.228 e. The van der Waals surface area contributed by atoms with Crippen LogP contribution in [0.25, 0.3) is 0 Å². The molecule has 0 spiro atoms. The Balaban J connectivity index is 1.90. The van der Waals surface area contributed by atoms with Gasteiger partial charge in [-0.25, -0.2) is 4.98 Å². The topological polar surface area (TPSA) is 50.3 Å². The van der Waals surface area contributed by atoms with Crippen LogP contribution < -0.4 is 15.0 Å². The molecule has 0 saturated carbocycles. The molecular weight excluding hydrogens is 264 g/mol. The van der Waals surface area contributed by atoms with Crippen LogP contribution in [0.5, 0.6) is 5.88 Å². The van der Waals surface area contributed by atoms with E-state index in [0.29, 0.717) is 18.4 Å². The quantitative estimate of drug-likeness (QED) is 0.746. The van der Waals surface area contributed by atoms with Gasteiger partial charge in [-0.05, 0) is 44.7 Å². The molecule has 2 rings (SSSR count). The van der Waals surface area contributed by atoms with Crippen LogP contribution in [0.15, 0.2) is 12.3 Å². The molecule has 1 aromatic rings. The molecule has 1 saturated heterocycles. The number of piperidine rings is 1. The summed E-state index contributed by atoms with van der Waals surface area (Å²) in [6.07, 6.45) is 6.48. The van der Waals surface area contributed by atoms with Crippen molar-refractivity contribution in [3.63, 3.8) is 0 Å². The summed E-state index contributed by atoms with van der Waals surface area (Å²) in [7, 11) is 0. The van der Waals surface area contributed by atoms with E-state index in [0.717, 1.165) is 38.5 Å². The third-order valence-corrected chi connectivity index (χ3v) is 3.73. The molecule has 5 heteroatoms. The van der Waals surface area contributed by atoms with E-state index in [9.17, 15) is 0 Å². The molecule has 0 bridgehead atoms. The molecule has 0 radical (unpaired) electrons. The fourth-order valence-corrected chi connectivity index (χ4v) is 2.67. The average Bonchev–Trinajstić information content (AvgIpc) is 2.54. The third kappa shape index (κ3) is 5.16. The molecule has 1 unspecified atom stereocenters. The Morgan fingerprint density at radius 2 is 2.29 bits per heavy atom. The van der Waals surface area contributed by atoms with Gasteiger partial charge in [-0.3, -0.25) is 0 Å². The lowest BCUT2D eigenvalue weighted by Crippen LogP contribution is -2.40. The number of nitrogens with zero attached hydrogens (tertiary/aromatic N) is 3. The van der Waals surface area contributed by atoms with Gasteiger partial charge in [0.05, 0.1) is 6.61 Å². The Morgan fingerprint density at radius 3 is 3.10 bits per heavy atom. The van der Waals surface area contributed by atoms with Crippen LogP contribution in [0.2, 0.25) is 0 Å². The molecule has 1 atom stereocenters. The van der Waals surface area contributed by atoms with Crippen molar-refractivity contribution in [2.45, 2.75) is 39.5 Å². The molecule has 0 aliphatic carbocycles. The number of aromatic nitrogens is 2. The van der Waals surface area contributed by atoms with Crippen molar-refractivity contribution >= 4 is 5.95 Å². The van der Waals surface area contributed by atoms with Gasteiger partial charge in [-0.2, -0.15) is 4.98 Å². The highest BCUT2D eigenvalue weighted by Gasteiger charge is 2.21. The van der Waals surface area contributed by atoms with E-state index in [1.54, 1.807) is 6.20 Å². The summed E-state index contributed by atoms with van der Waals surface area (Å²) < 4.78 is 5.60. The Labute approximate surface area is 128 Å². The maximum atomic E-state index is 5.60. The van der Waals surface area contributed by atoms with E-state index in [1.165, 1.54) is 19.3 Å². The number of hydrogen-bond donors (Lipinski definition) is 1. The summed E-state index contributed by atoms with van der Waals surface area (Å²) in [5, 5.41) is 3.52. The molecule has 1 aliphatic heterocycles. The Morgan fingerprint density at radius 1 is 1.38 bits per heavy atom. The second-order valence-electron chi connectivity index (χ2n) is 5.70. The van der Waals surface area contributed by atoms with Gasteiger partial charge in [-0.15, -0.1) is 0 Å². The molecule has 1 N–H and O–H groups in total. The van der Waals surface area contributed by atoms with Crippen molar-refractivity contribution in [3.8, 4) is 5.88 Å². The minimum Gasteiger partial charge on any atom is -0.478 e. The Hall–Kier alpha value is -1.36. The van der Waals surface area contributed by atoms with Crippen molar-refractivity contribution in [3.05, 3.63) is 12.3 Å². The first kappa shape index (κ1) is 16.0. The first-order chi connectivity index (χ1) is 10.3. The lowest BCUT2D eigenvalue weighted by atomic mass is 9.98. The fourth-order valence-electron chi connectivity index (χ4n) is 2.67. The predicted octanol–water partition coefficient (Wildman–Crippen LogP) is 2.48. The molecular formula is C16H28N4O. The molecule has 2 heterocycles. The van der Waals surface area contributed by atoms with Crippen LogP contribution in [-0.2, 0) is 0 Å². The molecule has 1 aliphatic rings. The standard InChI is InChI=1S/C16H28N4O/c1-3-8-17-12-14-6-5-10-20(13-14)16-18-9-7-15(19-16)21-11-4-2/h7,9,14,17H,3-6,8,10-13H2,1-2H3. The molecule has 118 valence electrons. The molecule has 0 aromatic carbocycles. The van der Waals surface area contributed by atoms with E-state index in [4.69, 9.17) is 4.74 Å². The van der Waals surface area contributed by atoms with Crippen LogP contribution in [0.1, 0.15) is 39.5 Å². The SMILES string of the molecule is CCCNCC1CCCN(c2nccc(OCCC)n2)C1. The summed E-state index contributed by atoms with van der Waals surface area (Å²) in [6, 6.07) is 1.84. The predicted molar refractivity (Wildman–Crippen MR) is 85.9 cm³/mol. The van der Waals surface area contributed by atoms with E-state index in [2.05, 4.69) is 34.0 Å². The molecule has 0 amide bonds. The van der Waals surface area contributed by atoms with Crippen molar-refractivity contribution < 1.29 is 4.74 Å². The summed E-state index contributed by atoms with van der Waals surface area (Å²) in [5.41, 5.74) is 0. The van der Waals surface area contributed by atoms with Crippen molar-refractivity contribution in [2.75, 3.05) is 37.7 Å². The van der Waals surface area contributed by atoms with Crippen molar-refractivity contribution in [1.29, 1.82) is 0 Å². The van der Waals surface area contributed by atoms with Crippen LogP contribution in [-0.4, -0.2) is 42.8 Å². The summed E-state index contributed by atoms with van der Waals surface area (Å²) >= 11 is 0. The first-order valence-corrected chi connectivity index (χ1v) is 8.25. The Bertz CT molecular complexity index is 413. The maximum Gasteiger partial charge on any atom is 0.228 e. The van der Waals surface area contributed by atoms with E-state index in [-0.39, 0.29) is 0 Å². The van der Waals surface area contributed by atoms with Crippen LogP contribution in [0, 0.1) is 5.92 Å². The van der Waals surface area contributed by atoms with E-state index in [1.807, 2.05) is 6.07 Å². The fraction of sp³-hybridized carbons (Fsp3) is 0.750. The maximum absolute atomic E-state index is 5.60. The van der Waals surface area contributed by atoms with Crippen molar-refractivity contribution in [2.24, 2.45) is 5.92 Å². The zero-order valence-corrected chi connectivity index (χ0v) is 13.3. The Kier molecular flexibility index (Phi) is 6.73. The third-order valence-electron chi connectivity index (χ3n) is 3.73. The van der Waals surface area contributed by atoms with Gasteiger partial charge < -0.3 is 15.0 Å². The van der Waals surface area contributed by atoms with Gasteiger partial charge in [0.25, 0.3) is 0 Å². The number of ether oxygens (including phenoxy) is 1. The first-order valence-electron chi connectivity index (χ1n) is 8.25. The highest BCUT2D eigenvalue weighted by molar-refractivity contribution is 5.32. The molecule has 1 aromatic heterocycles. The zero-order chi connectivity index (χ0) is 14.9. The largest absolute Gasteiger partial charge is 0.478 e. The summed E-state index contributed by atoms with van der Waals surface area (Å²) in [6.45, 7) is 9.29. The summed E-state index contributed by atoms with van der Waals surface area (Å²) in [5.74, 6) is 2.19. The lowest BCUT2D eigenvalue weighted by Gasteiger charge is -2.33. The van der Waals surface area contributed by atoms with Gasteiger partial charge in [0, 0.05) is 25.4 Å². The normalized spacial score (nSPS) is 18.8. The van der Waals surface area contributed by atoms with Crippen LogP contribution >= 0.6 is 0 Å². The number of rotatable bonds is 8. The average molecular weight is 292 g/mol. The van der Waals surface area contributed by atoms with E-state index < -0.39 is 0 Å². The summed E-state index contributed by atoms with van der Waals surface area (Å²) in [4.78, 5) is 11.2. The van der Waals surface area contributed by atoms with Gasteiger partial charge in [0.2, 0.25) is 11.8 Å². The molecule has 5 nitrogen and oxygen atoms in total. The van der Waals surface area contributed by atoms with Gasteiger partial charge in [0.15, 0.2) is 0 Å². The van der Waals surface area contributed by atoms with Gasteiger partial charge in [-0.1, -0.05) is 13.8 Å². The van der Waals surface area contributed by atoms with Crippen molar-refractivity contribution in [1.82, 2.24) is 15.3 Å². The number of anilines is 1. The van der Waals surface area contributed by atoms with Crippen LogP contribution in [0.3, 0.4) is 0 Å². The number of hydrogen-bond acceptors (Lipinski definition) is 5. The zero-order valence-electron chi connectivity index (χ0n) is 13.3. The monoisotopic (exact) mass is 292 g/mol. The van der Waals surface area contributed by atoms with Crippen LogP contribution in [0.4, 0.5) is 5.95 Å². The van der Waals surface area contributed by atoms with E-state index >= 15 is 0 Å². The molecule has 21 heavy (non-hydrogen) atoms. The lowest BCUT2D eigenvalue weighted by molar-refractivity contribution is 0.304. The minimum absolute atomic E-state index is 0.688. The second kappa shape index (κ2) is 8.82. The number of nitrogens with one attached hydrogen (secondary N) is 1. The second-order valence-corrected chi connectivity index (χ2v) is 5.70. The van der Waals surface area contributed by atoms with Gasteiger partial charge in [0.1, 0.15) is 0 Å². The highest BCUT2D eigenvalue weighted by atomic mass is 16.5. The van der Waals surface area contributed by atoms with Gasteiger partial charge >= 0.3 is 0 Å².